The molecule has 1 heterocycles. The van der Waals surface area contributed by atoms with Crippen molar-refractivity contribution in [2.45, 2.75) is 11.0 Å². The Morgan fingerprint density at radius 3 is 3.00 bits per heavy atom. The van der Waals surface area contributed by atoms with Crippen LogP contribution in [0.15, 0.2) is 24.3 Å². The minimum atomic E-state index is 0.653. The van der Waals surface area contributed by atoms with E-state index in [1.54, 1.807) is 0 Å². The fraction of sp³-hybridized carbons (Fsp3) is 0.364. The van der Waals surface area contributed by atoms with Gasteiger partial charge >= 0.3 is 0 Å². The van der Waals surface area contributed by atoms with Crippen molar-refractivity contribution in [3.8, 4) is 6.07 Å². The van der Waals surface area contributed by atoms with Crippen LogP contribution in [-0.4, -0.2) is 18.5 Å². The Bertz CT molecular complexity index is 355. The molecule has 1 aromatic rings. The third-order valence-corrected chi connectivity index (χ3v) is 3.39. The Hall–Kier alpha value is -0.980. The molecule has 1 aliphatic rings. The molecule has 2 nitrogen and oxygen atoms in total. The topological polar surface area (TPSA) is 33.0 Å². The standard InChI is InChI=1S/C11H11NOS/c12-5-9-2-1-3-10(4-9)8-14-11-6-13-7-11/h1-4,11H,6-8H2. The van der Waals surface area contributed by atoms with Crippen molar-refractivity contribution in [3.05, 3.63) is 35.4 Å². The third kappa shape index (κ3) is 2.28. The van der Waals surface area contributed by atoms with Crippen LogP contribution >= 0.6 is 11.8 Å². The highest BCUT2D eigenvalue weighted by molar-refractivity contribution is 7.99. The summed E-state index contributed by atoms with van der Waals surface area (Å²) >= 11 is 1.90. The Kier molecular flexibility index (Phi) is 3.07. The minimum absolute atomic E-state index is 0.653. The molecule has 0 amide bonds. The maximum absolute atomic E-state index is 8.72. The second-order valence-electron chi connectivity index (χ2n) is 3.28. The van der Waals surface area contributed by atoms with Crippen molar-refractivity contribution in [2.75, 3.05) is 13.2 Å². The second kappa shape index (κ2) is 4.50. The van der Waals surface area contributed by atoms with E-state index in [1.807, 2.05) is 30.0 Å². The molecule has 0 spiro atoms. The molecule has 0 saturated carbocycles. The summed E-state index contributed by atoms with van der Waals surface area (Å²) in [5.41, 5.74) is 1.97. The van der Waals surface area contributed by atoms with E-state index >= 15 is 0 Å². The average molecular weight is 205 g/mol. The summed E-state index contributed by atoms with van der Waals surface area (Å²) in [5, 5.41) is 9.37. The van der Waals surface area contributed by atoms with Gasteiger partial charge in [-0.15, -0.1) is 11.8 Å². The molecule has 14 heavy (non-hydrogen) atoms. The van der Waals surface area contributed by atoms with Crippen LogP contribution in [0.2, 0.25) is 0 Å². The predicted molar refractivity (Wildman–Crippen MR) is 57.1 cm³/mol. The van der Waals surface area contributed by atoms with Crippen molar-refractivity contribution >= 4 is 11.8 Å². The molecule has 0 atom stereocenters. The van der Waals surface area contributed by atoms with Gasteiger partial charge < -0.3 is 4.74 Å². The first-order valence-corrected chi connectivity index (χ1v) is 5.62. The van der Waals surface area contributed by atoms with Crippen molar-refractivity contribution in [1.82, 2.24) is 0 Å². The highest BCUT2D eigenvalue weighted by atomic mass is 32.2. The number of thioether (sulfide) groups is 1. The first kappa shape index (κ1) is 9.57. The number of rotatable bonds is 3. The van der Waals surface area contributed by atoms with E-state index in [1.165, 1.54) is 5.56 Å². The summed E-state index contributed by atoms with van der Waals surface area (Å²) in [6.07, 6.45) is 0. The molecule has 1 aliphatic heterocycles. The molecular formula is C11H11NOS. The van der Waals surface area contributed by atoms with Crippen LogP contribution in [0.25, 0.3) is 0 Å². The van der Waals surface area contributed by atoms with Gasteiger partial charge in [0.15, 0.2) is 0 Å². The van der Waals surface area contributed by atoms with Crippen LogP contribution < -0.4 is 0 Å². The van der Waals surface area contributed by atoms with Gasteiger partial charge in [-0.2, -0.15) is 5.26 Å². The summed E-state index contributed by atoms with van der Waals surface area (Å²) in [5.74, 6) is 0.976. The van der Waals surface area contributed by atoms with Gasteiger partial charge in [-0.3, -0.25) is 0 Å². The molecule has 2 rings (SSSR count). The molecule has 0 radical (unpaired) electrons. The van der Waals surface area contributed by atoms with Gasteiger partial charge in [-0.05, 0) is 17.7 Å². The summed E-state index contributed by atoms with van der Waals surface area (Å²) < 4.78 is 5.10. The van der Waals surface area contributed by atoms with E-state index in [4.69, 9.17) is 10.00 Å². The highest BCUT2D eigenvalue weighted by Crippen LogP contribution is 2.23. The predicted octanol–water partition coefficient (Wildman–Crippen LogP) is 2.19. The molecule has 3 heteroatoms. The lowest BCUT2D eigenvalue weighted by molar-refractivity contribution is 0.0455. The molecule has 72 valence electrons. The fourth-order valence-electron chi connectivity index (χ4n) is 1.26. The van der Waals surface area contributed by atoms with Crippen LogP contribution in [0.1, 0.15) is 11.1 Å². The zero-order chi connectivity index (χ0) is 9.80. The normalized spacial score (nSPS) is 15.9. The van der Waals surface area contributed by atoms with Gasteiger partial charge in [0.05, 0.1) is 30.1 Å². The zero-order valence-electron chi connectivity index (χ0n) is 7.77. The van der Waals surface area contributed by atoms with Gasteiger partial charge in [0.25, 0.3) is 0 Å². The molecule has 1 fully saturated rings. The molecule has 0 aromatic heterocycles. The fourth-order valence-corrected chi connectivity index (χ4v) is 2.25. The van der Waals surface area contributed by atoms with Gasteiger partial charge in [0.1, 0.15) is 0 Å². The van der Waals surface area contributed by atoms with Crippen LogP contribution in [0.3, 0.4) is 0 Å². The second-order valence-corrected chi connectivity index (χ2v) is 4.57. The Balaban J connectivity index is 1.91. The Morgan fingerprint density at radius 2 is 2.36 bits per heavy atom. The van der Waals surface area contributed by atoms with Crippen molar-refractivity contribution < 1.29 is 4.74 Å². The largest absolute Gasteiger partial charge is 0.379 e. The number of nitriles is 1. The van der Waals surface area contributed by atoms with Gasteiger partial charge in [-0.1, -0.05) is 12.1 Å². The number of benzene rings is 1. The molecule has 0 N–H and O–H groups in total. The molecule has 1 aromatic carbocycles. The van der Waals surface area contributed by atoms with Crippen molar-refractivity contribution in [3.63, 3.8) is 0 Å². The number of hydrogen-bond acceptors (Lipinski definition) is 3. The van der Waals surface area contributed by atoms with Crippen LogP contribution in [0.4, 0.5) is 0 Å². The Labute approximate surface area is 87.9 Å². The van der Waals surface area contributed by atoms with E-state index < -0.39 is 0 Å². The highest BCUT2D eigenvalue weighted by Gasteiger charge is 2.18. The zero-order valence-corrected chi connectivity index (χ0v) is 8.59. The minimum Gasteiger partial charge on any atom is -0.379 e. The molecular weight excluding hydrogens is 194 g/mol. The number of hydrogen-bond donors (Lipinski definition) is 0. The van der Waals surface area contributed by atoms with E-state index in [0.29, 0.717) is 5.25 Å². The summed E-state index contributed by atoms with van der Waals surface area (Å²) in [4.78, 5) is 0. The number of ether oxygens (including phenoxy) is 1. The quantitative estimate of drug-likeness (QED) is 0.758. The van der Waals surface area contributed by atoms with E-state index in [-0.39, 0.29) is 0 Å². The smallest absolute Gasteiger partial charge is 0.0991 e. The van der Waals surface area contributed by atoms with Crippen LogP contribution in [0, 0.1) is 11.3 Å². The Morgan fingerprint density at radius 1 is 1.50 bits per heavy atom. The van der Waals surface area contributed by atoms with Gasteiger partial charge in [0.2, 0.25) is 0 Å². The van der Waals surface area contributed by atoms with Gasteiger partial charge in [0, 0.05) is 5.75 Å². The van der Waals surface area contributed by atoms with Crippen LogP contribution in [0.5, 0.6) is 0 Å². The van der Waals surface area contributed by atoms with Crippen molar-refractivity contribution in [1.29, 1.82) is 5.26 Å². The van der Waals surface area contributed by atoms with E-state index in [0.717, 1.165) is 24.5 Å². The molecule has 0 unspecified atom stereocenters. The lowest BCUT2D eigenvalue weighted by Gasteiger charge is -2.25. The van der Waals surface area contributed by atoms with E-state index in [9.17, 15) is 0 Å². The summed E-state index contributed by atoms with van der Waals surface area (Å²) in [6, 6.07) is 9.93. The summed E-state index contributed by atoms with van der Waals surface area (Å²) in [6.45, 7) is 1.76. The molecule has 0 aliphatic carbocycles. The van der Waals surface area contributed by atoms with E-state index in [2.05, 4.69) is 12.1 Å². The lowest BCUT2D eigenvalue weighted by atomic mass is 10.2. The third-order valence-electron chi connectivity index (χ3n) is 2.15. The summed E-state index contributed by atoms with van der Waals surface area (Å²) in [7, 11) is 0. The molecule has 1 saturated heterocycles. The maximum atomic E-state index is 8.72. The maximum Gasteiger partial charge on any atom is 0.0991 e. The number of nitrogens with zero attached hydrogens (tertiary/aromatic N) is 1. The molecule has 0 bridgehead atoms. The first-order valence-electron chi connectivity index (χ1n) is 4.57. The monoisotopic (exact) mass is 205 g/mol. The van der Waals surface area contributed by atoms with Crippen LogP contribution in [-0.2, 0) is 10.5 Å². The SMILES string of the molecule is N#Cc1cccc(CSC2COC2)c1. The first-order chi connectivity index (χ1) is 6.88. The lowest BCUT2D eigenvalue weighted by Crippen LogP contribution is -2.30. The van der Waals surface area contributed by atoms with Crippen molar-refractivity contribution in [2.24, 2.45) is 0 Å². The average Bonchev–Trinajstić information content (AvgIpc) is 2.16. The van der Waals surface area contributed by atoms with Gasteiger partial charge in [-0.25, -0.2) is 0 Å².